The van der Waals surface area contributed by atoms with Crippen LogP contribution in [0, 0.1) is 0 Å². The standard InChI is InChI=1S/C21H18Cl3N3/c1-25-6-7-26-20-10-13(12-2-4-17(23)18(24)9-12)8-16-15-11-14(22)3-5-19(15)27-21(16)20/h2-5,8-11,25-27H,6-7H2,1H3. The molecule has 0 aliphatic carbocycles. The summed E-state index contributed by atoms with van der Waals surface area (Å²) >= 11 is 18.6. The molecule has 0 aliphatic heterocycles. The minimum atomic E-state index is 0.543. The number of rotatable bonds is 5. The number of hydrogen-bond acceptors (Lipinski definition) is 2. The Morgan fingerprint density at radius 2 is 1.67 bits per heavy atom. The maximum absolute atomic E-state index is 6.24. The van der Waals surface area contributed by atoms with E-state index in [1.807, 2.05) is 43.4 Å². The highest BCUT2D eigenvalue weighted by atomic mass is 35.5. The second-order valence-corrected chi connectivity index (χ2v) is 7.67. The van der Waals surface area contributed by atoms with Crippen molar-refractivity contribution in [1.29, 1.82) is 0 Å². The maximum atomic E-state index is 6.24. The normalized spacial score (nSPS) is 11.4. The number of fused-ring (bicyclic) bond motifs is 3. The van der Waals surface area contributed by atoms with Gasteiger partial charge in [0.1, 0.15) is 0 Å². The number of H-pyrrole nitrogens is 1. The van der Waals surface area contributed by atoms with E-state index in [9.17, 15) is 0 Å². The number of anilines is 1. The van der Waals surface area contributed by atoms with Gasteiger partial charge in [-0.15, -0.1) is 0 Å². The van der Waals surface area contributed by atoms with E-state index in [4.69, 9.17) is 34.8 Å². The van der Waals surface area contributed by atoms with Crippen LogP contribution in [0.1, 0.15) is 0 Å². The minimum Gasteiger partial charge on any atom is -0.382 e. The van der Waals surface area contributed by atoms with Gasteiger partial charge in [-0.3, -0.25) is 0 Å². The average Bonchev–Trinajstić information content (AvgIpc) is 3.02. The SMILES string of the molecule is CNCCNc1cc(-c2ccc(Cl)c(Cl)c2)cc2c1[nH]c1ccc(Cl)cc12. The third-order valence-corrected chi connectivity index (χ3v) is 5.59. The topological polar surface area (TPSA) is 39.8 Å². The van der Waals surface area contributed by atoms with E-state index in [1.165, 1.54) is 0 Å². The molecule has 27 heavy (non-hydrogen) atoms. The number of likely N-dealkylation sites (N-methyl/N-ethyl adjacent to an activating group) is 1. The van der Waals surface area contributed by atoms with Gasteiger partial charge in [0, 0.05) is 34.4 Å². The van der Waals surface area contributed by atoms with Crippen LogP contribution in [0.4, 0.5) is 5.69 Å². The first-order valence-electron chi connectivity index (χ1n) is 8.65. The lowest BCUT2D eigenvalue weighted by atomic mass is 10.0. The molecule has 0 bridgehead atoms. The second-order valence-electron chi connectivity index (χ2n) is 6.42. The van der Waals surface area contributed by atoms with Crippen molar-refractivity contribution in [2.45, 2.75) is 0 Å². The molecule has 3 nitrogen and oxygen atoms in total. The van der Waals surface area contributed by atoms with E-state index in [0.717, 1.165) is 51.7 Å². The molecule has 0 saturated carbocycles. The van der Waals surface area contributed by atoms with Gasteiger partial charge >= 0.3 is 0 Å². The number of aromatic nitrogens is 1. The zero-order valence-corrected chi connectivity index (χ0v) is 16.9. The quantitative estimate of drug-likeness (QED) is 0.320. The molecule has 0 fully saturated rings. The lowest BCUT2D eigenvalue weighted by Gasteiger charge is -2.11. The van der Waals surface area contributed by atoms with Crippen LogP contribution in [0.15, 0.2) is 48.5 Å². The molecule has 0 amide bonds. The van der Waals surface area contributed by atoms with Crippen molar-refractivity contribution in [3.8, 4) is 11.1 Å². The van der Waals surface area contributed by atoms with Crippen LogP contribution >= 0.6 is 34.8 Å². The molecule has 0 atom stereocenters. The Morgan fingerprint density at radius 3 is 2.44 bits per heavy atom. The van der Waals surface area contributed by atoms with E-state index in [2.05, 4.69) is 27.8 Å². The van der Waals surface area contributed by atoms with Gasteiger partial charge in [0.05, 0.1) is 21.2 Å². The van der Waals surface area contributed by atoms with Gasteiger partial charge in [-0.2, -0.15) is 0 Å². The third kappa shape index (κ3) is 3.61. The zero-order valence-electron chi connectivity index (χ0n) is 14.7. The fraction of sp³-hybridized carbons (Fsp3) is 0.143. The molecule has 1 aromatic heterocycles. The largest absolute Gasteiger partial charge is 0.382 e. The van der Waals surface area contributed by atoms with Gasteiger partial charge in [-0.1, -0.05) is 40.9 Å². The van der Waals surface area contributed by atoms with Crippen LogP contribution in [-0.4, -0.2) is 25.1 Å². The Hall–Kier alpha value is -1.91. The van der Waals surface area contributed by atoms with Gasteiger partial charge < -0.3 is 15.6 Å². The highest BCUT2D eigenvalue weighted by Crippen LogP contribution is 2.37. The van der Waals surface area contributed by atoms with Gasteiger partial charge in [0.2, 0.25) is 0 Å². The molecular weight excluding hydrogens is 401 g/mol. The van der Waals surface area contributed by atoms with Gasteiger partial charge in [-0.25, -0.2) is 0 Å². The van der Waals surface area contributed by atoms with E-state index < -0.39 is 0 Å². The van der Waals surface area contributed by atoms with Crippen LogP contribution in [0.3, 0.4) is 0 Å². The number of benzene rings is 3. The Morgan fingerprint density at radius 1 is 0.815 bits per heavy atom. The molecule has 4 aromatic rings. The van der Waals surface area contributed by atoms with E-state index in [-0.39, 0.29) is 0 Å². The van der Waals surface area contributed by atoms with Crippen LogP contribution in [0.5, 0.6) is 0 Å². The van der Waals surface area contributed by atoms with Crippen molar-refractivity contribution in [2.24, 2.45) is 0 Å². The van der Waals surface area contributed by atoms with Crippen molar-refractivity contribution in [2.75, 3.05) is 25.5 Å². The van der Waals surface area contributed by atoms with Crippen LogP contribution in [0.2, 0.25) is 15.1 Å². The van der Waals surface area contributed by atoms with Crippen molar-refractivity contribution in [3.05, 3.63) is 63.6 Å². The maximum Gasteiger partial charge on any atom is 0.0701 e. The van der Waals surface area contributed by atoms with E-state index in [1.54, 1.807) is 0 Å². The monoisotopic (exact) mass is 417 g/mol. The molecular formula is C21H18Cl3N3. The molecule has 3 aromatic carbocycles. The molecule has 0 spiro atoms. The summed E-state index contributed by atoms with van der Waals surface area (Å²) in [5.41, 5.74) is 5.23. The fourth-order valence-electron chi connectivity index (χ4n) is 3.28. The van der Waals surface area contributed by atoms with Crippen molar-refractivity contribution in [1.82, 2.24) is 10.3 Å². The number of aromatic amines is 1. The van der Waals surface area contributed by atoms with E-state index in [0.29, 0.717) is 15.1 Å². The van der Waals surface area contributed by atoms with Crippen LogP contribution in [0.25, 0.3) is 32.9 Å². The predicted octanol–water partition coefficient (Wildman–Crippen LogP) is 6.58. The van der Waals surface area contributed by atoms with Crippen molar-refractivity contribution >= 4 is 62.3 Å². The van der Waals surface area contributed by atoms with Crippen LogP contribution in [-0.2, 0) is 0 Å². The summed E-state index contributed by atoms with van der Waals surface area (Å²) in [4.78, 5) is 3.51. The third-order valence-electron chi connectivity index (χ3n) is 4.61. The first-order valence-corrected chi connectivity index (χ1v) is 9.79. The summed E-state index contributed by atoms with van der Waals surface area (Å²) in [6.45, 7) is 1.68. The van der Waals surface area contributed by atoms with E-state index >= 15 is 0 Å². The Kier molecular flexibility index (Phi) is 5.20. The molecule has 0 aliphatic rings. The summed E-state index contributed by atoms with van der Waals surface area (Å²) in [5.74, 6) is 0. The molecule has 0 unspecified atom stereocenters. The highest BCUT2D eigenvalue weighted by Gasteiger charge is 2.12. The molecule has 0 saturated heterocycles. The summed E-state index contributed by atoms with van der Waals surface area (Å²) in [6.07, 6.45) is 0. The second kappa shape index (κ2) is 7.61. The first-order chi connectivity index (χ1) is 13.1. The predicted molar refractivity (Wildman–Crippen MR) is 119 cm³/mol. The number of nitrogens with one attached hydrogen (secondary N) is 3. The number of halogens is 3. The molecule has 6 heteroatoms. The summed E-state index contributed by atoms with van der Waals surface area (Å²) in [6, 6.07) is 15.9. The lowest BCUT2D eigenvalue weighted by molar-refractivity contribution is 0.824. The molecule has 0 radical (unpaired) electrons. The van der Waals surface area contributed by atoms with Gasteiger partial charge in [0.25, 0.3) is 0 Å². The van der Waals surface area contributed by atoms with Gasteiger partial charge in [-0.05, 0) is 60.6 Å². The first kappa shape index (κ1) is 18.5. The Labute approximate surface area is 172 Å². The van der Waals surface area contributed by atoms with Crippen molar-refractivity contribution < 1.29 is 0 Å². The number of hydrogen-bond donors (Lipinski definition) is 3. The minimum absolute atomic E-state index is 0.543. The smallest absolute Gasteiger partial charge is 0.0701 e. The van der Waals surface area contributed by atoms with Gasteiger partial charge in [0.15, 0.2) is 0 Å². The molecule has 4 rings (SSSR count). The summed E-state index contributed by atoms with van der Waals surface area (Å²) in [5, 5.41) is 10.7. The summed E-state index contributed by atoms with van der Waals surface area (Å²) in [7, 11) is 1.94. The summed E-state index contributed by atoms with van der Waals surface area (Å²) < 4.78 is 0. The van der Waals surface area contributed by atoms with Crippen molar-refractivity contribution in [3.63, 3.8) is 0 Å². The molecule has 3 N–H and O–H groups in total. The van der Waals surface area contributed by atoms with Crippen LogP contribution < -0.4 is 10.6 Å². The Bertz CT molecular complexity index is 1130. The molecule has 1 heterocycles. The lowest BCUT2D eigenvalue weighted by Crippen LogP contribution is -2.17. The Balaban J connectivity index is 1.94. The average molecular weight is 419 g/mol. The molecule has 138 valence electrons. The zero-order chi connectivity index (χ0) is 19.0. The fourth-order valence-corrected chi connectivity index (χ4v) is 3.75. The highest BCUT2D eigenvalue weighted by molar-refractivity contribution is 6.42.